The SMILES string of the molecule is CCc1ccc(C(C)(C)c2ccc(CC)c(-c3ccccc3)c2)cc1-c1ccccc1. The second-order valence-electron chi connectivity index (χ2n) is 8.81. The van der Waals surface area contributed by atoms with Crippen molar-refractivity contribution < 1.29 is 0 Å². The van der Waals surface area contributed by atoms with Crippen LogP contribution in [0.25, 0.3) is 22.3 Å². The largest absolute Gasteiger partial charge is 0.0622 e. The van der Waals surface area contributed by atoms with Crippen molar-refractivity contribution in [1.29, 1.82) is 0 Å². The maximum Gasteiger partial charge on any atom is 0.0147 e. The number of hydrogen-bond acceptors (Lipinski definition) is 0. The molecule has 0 aliphatic heterocycles. The molecule has 0 unspecified atom stereocenters. The van der Waals surface area contributed by atoms with E-state index in [4.69, 9.17) is 0 Å². The topological polar surface area (TPSA) is 0 Å². The van der Waals surface area contributed by atoms with Gasteiger partial charge < -0.3 is 0 Å². The van der Waals surface area contributed by atoms with E-state index in [1.807, 2.05) is 0 Å². The third-order valence-electron chi connectivity index (χ3n) is 6.59. The van der Waals surface area contributed by atoms with E-state index in [1.54, 1.807) is 0 Å². The van der Waals surface area contributed by atoms with Crippen LogP contribution >= 0.6 is 0 Å². The van der Waals surface area contributed by atoms with Crippen molar-refractivity contribution in [3.05, 3.63) is 119 Å². The first-order valence-electron chi connectivity index (χ1n) is 11.4. The zero-order chi connectivity index (χ0) is 21.8. The lowest BCUT2D eigenvalue weighted by atomic mass is 9.75. The lowest BCUT2D eigenvalue weighted by molar-refractivity contribution is 0.640. The Morgan fingerprint density at radius 1 is 0.516 bits per heavy atom. The van der Waals surface area contributed by atoms with Crippen LogP contribution in [0.1, 0.15) is 49.9 Å². The Labute approximate surface area is 187 Å². The summed E-state index contributed by atoms with van der Waals surface area (Å²) in [6.07, 6.45) is 2.07. The van der Waals surface area contributed by atoms with Crippen molar-refractivity contribution in [3.63, 3.8) is 0 Å². The van der Waals surface area contributed by atoms with Gasteiger partial charge in [-0.2, -0.15) is 0 Å². The summed E-state index contributed by atoms with van der Waals surface area (Å²) in [7, 11) is 0. The molecule has 0 spiro atoms. The smallest absolute Gasteiger partial charge is 0.0147 e. The highest BCUT2D eigenvalue weighted by atomic mass is 14.3. The number of benzene rings is 4. The molecule has 31 heavy (non-hydrogen) atoms. The van der Waals surface area contributed by atoms with Crippen LogP contribution in [0.15, 0.2) is 97.1 Å². The Bertz CT molecular complexity index is 1060. The van der Waals surface area contributed by atoms with Crippen LogP contribution in [0.4, 0.5) is 0 Å². The van der Waals surface area contributed by atoms with Crippen molar-refractivity contribution in [1.82, 2.24) is 0 Å². The monoisotopic (exact) mass is 404 g/mol. The van der Waals surface area contributed by atoms with Crippen LogP contribution in [0.2, 0.25) is 0 Å². The van der Waals surface area contributed by atoms with E-state index < -0.39 is 0 Å². The van der Waals surface area contributed by atoms with E-state index in [1.165, 1.54) is 44.5 Å². The van der Waals surface area contributed by atoms with Gasteiger partial charge in [-0.25, -0.2) is 0 Å². The molecule has 4 aromatic carbocycles. The fourth-order valence-electron chi connectivity index (χ4n) is 4.49. The molecule has 0 saturated carbocycles. The molecule has 0 aliphatic rings. The fourth-order valence-corrected chi connectivity index (χ4v) is 4.49. The number of aryl methyl sites for hydroxylation is 2. The summed E-state index contributed by atoms with van der Waals surface area (Å²) >= 11 is 0. The lowest BCUT2D eigenvalue weighted by Crippen LogP contribution is -2.19. The Morgan fingerprint density at radius 2 is 0.903 bits per heavy atom. The maximum atomic E-state index is 2.41. The van der Waals surface area contributed by atoms with Gasteiger partial charge >= 0.3 is 0 Å². The molecule has 0 aliphatic carbocycles. The first-order valence-corrected chi connectivity index (χ1v) is 11.4. The summed E-state index contributed by atoms with van der Waals surface area (Å²) in [6, 6.07) is 35.6. The Hall–Kier alpha value is -3.12. The van der Waals surface area contributed by atoms with E-state index in [-0.39, 0.29) is 5.41 Å². The van der Waals surface area contributed by atoms with Crippen LogP contribution in [0.5, 0.6) is 0 Å². The lowest BCUT2D eigenvalue weighted by Gasteiger charge is -2.28. The molecule has 4 aromatic rings. The molecule has 0 heterocycles. The summed E-state index contributed by atoms with van der Waals surface area (Å²) < 4.78 is 0. The van der Waals surface area contributed by atoms with Gasteiger partial charge in [-0.1, -0.05) is 113 Å². The highest BCUT2D eigenvalue weighted by Crippen LogP contribution is 2.38. The standard InChI is InChI=1S/C31H32/c1-5-23-17-19-27(21-29(23)25-13-9-7-10-14-25)31(3,4)28-20-18-24(6-2)30(22-28)26-15-11-8-12-16-26/h7-22H,5-6H2,1-4H3. The predicted molar refractivity (Wildman–Crippen MR) is 135 cm³/mol. The van der Waals surface area contributed by atoms with E-state index in [0.29, 0.717) is 0 Å². The van der Waals surface area contributed by atoms with Crippen molar-refractivity contribution in [2.45, 2.75) is 46.0 Å². The van der Waals surface area contributed by atoms with E-state index in [9.17, 15) is 0 Å². The molecule has 0 atom stereocenters. The third-order valence-corrected chi connectivity index (χ3v) is 6.59. The van der Waals surface area contributed by atoms with Gasteiger partial charge in [0.15, 0.2) is 0 Å². The van der Waals surface area contributed by atoms with E-state index in [0.717, 1.165) is 12.8 Å². The van der Waals surface area contributed by atoms with Gasteiger partial charge in [0.25, 0.3) is 0 Å². The second kappa shape index (κ2) is 8.94. The Balaban J connectivity index is 1.82. The molecule has 0 saturated heterocycles. The molecule has 4 rings (SSSR count). The zero-order valence-electron chi connectivity index (χ0n) is 19.2. The Morgan fingerprint density at radius 3 is 1.26 bits per heavy atom. The molecular weight excluding hydrogens is 372 g/mol. The molecule has 156 valence electrons. The second-order valence-corrected chi connectivity index (χ2v) is 8.81. The van der Waals surface area contributed by atoms with Crippen LogP contribution in [-0.4, -0.2) is 0 Å². The highest BCUT2D eigenvalue weighted by molar-refractivity contribution is 5.71. The van der Waals surface area contributed by atoms with E-state index >= 15 is 0 Å². The van der Waals surface area contributed by atoms with Gasteiger partial charge in [0.1, 0.15) is 0 Å². The van der Waals surface area contributed by atoms with Crippen molar-refractivity contribution in [3.8, 4) is 22.3 Å². The molecule has 0 aromatic heterocycles. The fraction of sp³-hybridized carbons (Fsp3) is 0.226. The highest BCUT2D eigenvalue weighted by Gasteiger charge is 2.25. The van der Waals surface area contributed by atoms with Crippen molar-refractivity contribution in [2.24, 2.45) is 0 Å². The van der Waals surface area contributed by atoms with Gasteiger partial charge in [-0.15, -0.1) is 0 Å². The molecule has 0 heteroatoms. The van der Waals surface area contributed by atoms with Crippen LogP contribution in [0.3, 0.4) is 0 Å². The average molecular weight is 405 g/mol. The maximum absolute atomic E-state index is 2.41. The first-order chi connectivity index (χ1) is 15.0. The van der Waals surface area contributed by atoms with Crippen molar-refractivity contribution >= 4 is 0 Å². The molecule has 0 amide bonds. The third kappa shape index (κ3) is 4.21. The number of hydrogen-bond donors (Lipinski definition) is 0. The first kappa shape index (κ1) is 21.1. The van der Waals surface area contributed by atoms with Gasteiger partial charge in [-0.3, -0.25) is 0 Å². The molecule has 0 fully saturated rings. The summed E-state index contributed by atoms with van der Waals surface area (Å²) in [5, 5.41) is 0. The molecule has 0 bridgehead atoms. The molecule has 0 N–H and O–H groups in total. The average Bonchev–Trinajstić information content (AvgIpc) is 2.84. The summed E-state index contributed by atoms with van der Waals surface area (Å²) in [6.45, 7) is 9.17. The summed E-state index contributed by atoms with van der Waals surface area (Å²) in [5.74, 6) is 0. The minimum absolute atomic E-state index is 0.0917. The molecule has 0 radical (unpaired) electrons. The normalized spacial score (nSPS) is 11.5. The molecular formula is C31H32. The van der Waals surface area contributed by atoms with Crippen LogP contribution in [-0.2, 0) is 18.3 Å². The van der Waals surface area contributed by atoms with Gasteiger partial charge in [0.2, 0.25) is 0 Å². The zero-order valence-corrected chi connectivity index (χ0v) is 19.2. The summed E-state index contributed by atoms with van der Waals surface area (Å²) in [4.78, 5) is 0. The summed E-state index contributed by atoms with van der Waals surface area (Å²) in [5.41, 5.74) is 10.7. The molecule has 0 nitrogen and oxygen atoms in total. The van der Waals surface area contributed by atoms with Gasteiger partial charge in [0, 0.05) is 5.41 Å². The number of rotatable bonds is 6. The Kier molecular flexibility index (Phi) is 6.09. The van der Waals surface area contributed by atoms with Crippen LogP contribution in [0, 0.1) is 0 Å². The quantitative estimate of drug-likeness (QED) is 0.302. The van der Waals surface area contributed by atoms with Gasteiger partial charge in [0.05, 0.1) is 0 Å². The van der Waals surface area contributed by atoms with Crippen molar-refractivity contribution in [2.75, 3.05) is 0 Å². The minimum Gasteiger partial charge on any atom is -0.0622 e. The predicted octanol–water partition coefficient (Wildman–Crippen LogP) is 8.47. The van der Waals surface area contributed by atoms with Crippen LogP contribution < -0.4 is 0 Å². The van der Waals surface area contributed by atoms with E-state index in [2.05, 4.69) is 125 Å². The van der Waals surface area contributed by atoms with Gasteiger partial charge in [-0.05, 0) is 69.5 Å². The minimum atomic E-state index is -0.0917.